The molecule has 0 bridgehead atoms. The lowest BCUT2D eigenvalue weighted by Gasteiger charge is -2.08. The number of rotatable bonds is 5. The monoisotopic (exact) mass is 337 g/mol. The van der Waals surface area contributed by atoms with Crippen LogP contribution in [0.2, 0.25) is 0 Å². The molecule has 0 saturated heterocycles. The standard InChI is InChI=1S/C20H20FN3O/c1-14-19(16-7-4-3-5-8-16)15(2)24(23-14)12-11-22-20(25)17-9-6-10-18(21)13-17/h3-10,13H,11-12H2,1-2H3,(H,22,25). The number of aryl methyl sites for hydroxylation is 1. The van der Waals surface area contributed by atoms with Gasteiger partial charge in [-0.2, -0.15) is 5.10 Å². The molecular weight excluding hydrogens is 317 g/mol. The maximum absolute atomic E-state index is 13.2. The van der Waals surface area contributed by atoms with Crippen LogP contribution in [0, 0.1) is 19.7 Å². The van der Waals surface area contributed by atoms with Gasteiger partial charge in [-0.3, -0.25) is 9.48 Å². The molecule has 0 aliphatic rings. The first-order valence-corrected chi connectivity index (χ1v) is 8.19. The van der Waals surface area contributed by atoms with Gasteiger partial charge in [0.2, 0.25) is 0 Å². The lowest BCUT2D eigenvalue weighted by molar-refractivity contribution is 0.0951. The van der Waals surface area contributed by atoms with E-state index in [2.05, 4.69) is 22.5 Å². The molecule has 0 spiro atoms. The minimum Gasteiger partial charge on any atom is -0.350 e. The fourth-order valence-electron chi connectivity index (χ4n) is 2.94. The van der Waals surface area contributed by atoms with Gasteiger partial charge in [0.05, 0.1) is 12.2 Å². The van der Waals surface area contributed by atoms with Crippen LogP contribution in [-0.4, -0.2) is 22.2 Å². The molecule has 128 valence electrons. The maximum atomic E-state index is 13.2. The van der Waals surface area contributed by atoms with Gasteiger partial charge >= 0.3 is 0 Å². The van der Waals surface area contributed by atoms with E-state index in [-0.39, 0.29) is 5.91 Å². The molecule has 25 heavy (non-hydrogen) atoms. The minimum atomic E-state index is -0.418. The Morgan fingerprint density at radius 3 is 2.60 bits per heavy atom. The Hall–Kier alpha value is -2.95. The van der Waals surface area contributed by atoms with Gasteiger partial charge < -0.3 is 5.32 Å². The molecule has 0 atom stereocenters. The Morgan fingerprint density at radius 1 is 1.12 bits per heavy atom. The van der Waals surface area contributed by atoms with E-state index in [1.54, 1.807) is 6.07 Å². The highest BCUT2D eigenvalue weighted by Gasteiger charge is 2.13. The molecule has 5 heteroatoms. The smallest absolute Gasteiger partial charge is 0.251 e. The summed E-state index contributed by atoms with van der Waals surface area (Å²) in [4.78, 5) is 12.1. The van der Waals surface area contributed by atoms with E-state index in [0.717, 1.165) is 22.5 Å². The number of nitrogens with one attached hydrogen (secondary N) is 1. The second-order valence-corrected chi connectivity index (χ2v) is 5.90. The second-order valence-electron chi connectivity index (χ2n) is 5.90. The zero-order chi connectivity index (χ0) is 17.8. The normalized spacial score (nSPS) is 10.7. The van der Waals surface area contributed by atoms with Crippen molar-refractivity contribution >= 4 is 5.91 Å². The van der Waals surface area contributed by atoms with Gasteiger partial charge in [0.15, 0.2) is 0 Å². The Kier molecular flexibility index (Phi) is 4.93. The number of carbonyl (C=O) groups excluding carboxylic acids is 1. The Bertz CT molecular complexity index is 887. The van der Waals surface area contributed by atoms with Gasteiger partial charge in [0.1, 0.15) is 5.82 Å². The molecular formula is C20H20FN3O. The SMILES string of the molecule is Cc1nn(CCNC(=O)c2cccc(F)c2)c(C)c1-c1ccccc1. The highest BCUT2D eigenvalue weighted by atomic mass is 19.1. The first kappa shape index (κ1) is 16.9. The number of benzene rings is 2. The second kappa shape index (κ2) is 7.30. The minimum absolute atomic E-state index is 0.288. The molecule has 1 heterocycles. The van der Waals surface area contributed by atoms with E-state index in [4.69, 9.17) is 0 Å². The fourth-order valence-corrected chi connectivity index (χ4v) is 2.94. The van der Waals surface area contributed by atoms with Crippen LogP contribution >= 0.6 is 0 Å². The predicted molar refractivity (Wildman–Crippen MR) is 95.9 cm³/mol. The summed E-state index contributed by atoms with van der Waals surface area (Å²) in [5, 5.41) is 7.38. The largest absolute Gasteiger partial charge is 0.350 e. The molecule has 0 saturated carbocycles. The van der Waals surface area contributed by atoms with E-state index in [1.165, 1.54) is 18.2 Å². The Balaban J connectivity index is 1.67. The van der Waals surface area contributed by atoms with Gasteiger partial charge in [0.25, 0.3) is 5.91 Å². The average Bonchev–Trinajstić information content (AvgIpc) is 2.89. The third kappa shape index (κ3) is 3.76. The Morgan fingerprint density at radius 2 is 1.88 bits per heavy atom. The van der Waals surface area contributed by atoms with Crippen molar-refractivity contribution in [3.63, 3.8) is 0 Å². The predicted octanol–water partition coefficient (Wildman–Crippen LogP) is 3.74. The topological polar surface area (TPSA) is 46.9 Å². The lowest BCUT2D eigenvalue weighted by atomic mass is 10.0. The van der Waals surface area contributed by atoms with Crippen molar-refractivity contribution in [2.75, 3.05) is 6.54 Å². The molecule has 0 aliphatic heterocycles. The third-order valence-corrected chi connectivity index (χ3v) is 4.14. The average molecular weight is 337 g/mol. The van der Waals surface area contributed by atoms with Crippen LogP contribution in [-0.2, 0) is 6.54 Å². The molecule has 0 fully saturated rings. The summed E-state index contributed by atoms with van der Waals surface area (Å²) in [5.41, 5.74) is 4.59. The molecule has 2 aromatic carbocycles. The summed E-state index contributed by atoms with van der Waals surface area (Å²) in [5.74, 6) is -0.706. The molecule has 0 unspecified atom stereocenters. The van der Waals surface area contributed by atoms with Crippen molar-refractivity contribution in [2.45, 2.75) is 20.4 Å². The quantitative estimate of drug-likeness (QED) is 0.771. The van der Waals surface area contributed by atoms with Crippen LogP contribution in [0.25, 0.3) is 11.1 Å². The van der Waals surface area contributed by atoms with Crippen LogP contribution in [0.1, 0.15) is 21.7 Å². The van der Waals surface area contributed by atoms with E-state index < -0.39 is 5.82 Å². The molecule has 0 aliphatic carbocycles. The lowest BCUT2D eigenvalue weighted by Crippen LogP contribution is -2.27. The van der Waals surface area contributed by atoms with Gasteiger partial charge in [-0.05, 0) is 37.6 Å². The summed E-state index contributed by atoms with van der Waals surface area (Å²) in [7, 11) is 0. The van der Waals surface area contributed by atoms with Crippen molar-refractivity contribution in [1.29, 1.82) is 0 Å². The van der Waals surface area contributed by atoms with E-state index in [1.807, 2.05) is 36.7 Å². The van der Waals surface area contributed by atoms with Gasteiger partial charge in [-0.25, -0.2) is 4.39 Å². The molecule has 1 N–H and O–H groups in total. The number of halogens is 1. The van der Waals surface area contributed by atoms with Gasteiger partial charge in [-0.1, -0.05) is 36.4 Å². The summed E-state index contributed by atoms with van der Waals surface area (Å²) in [6.07, 6.45) is 0. The number of amides is 1. The number of hydrogen-bond acceptors (Lipinski definition) is 2. The van der Waals surface area contributed by atoms with Crippen molar-refractivity contribution in [3.8, 4) is 11.1 Å². The zero-order valence-corrected chi connectivity index (χ0v) is 14.3. The van der Waals surface area contributed by atoms with Crippen LogP contribution in [0.15, 0.2) is 54.6 Å². The van der Waals surface area contributed by atoms with Crippen LogP contribution < -0.4 is 5.32 Å². The van der Waals surface area contributed by atoms with Crippen molar-refractivity contribution in [1.82, 2.24) is 15.1 Å². The van der Waals surface area contributed by atoms with Gasteiger partial charge in [0, 0.05) is 23.4 Å². The van der Waals surface area contributed by atoms with Crippen LogP contribution in [0.3, 0.4) is 0 Å². The summed E-state index contributed by atoms with van der Waals surface area (Å²) < 4.78 is 15.1. The molecule has 1 amide bonds. The van der Waals surface area contributed by atoms with E-state index in [9.17, 15) is 9.18 Å². The number of nitrogens with zero attached hydrogens (tertiary/aromatic N) is 2. The summed E-state index contributed by atoms with van der Waals surface area (Å²) in [6.45, 7) is 4.99. The van der Waals surface area contributed by atoms with Crippen LogP contribution in [0.4, 0.5) is 4.39 Å². The highest BCUT2D eigenvalue weighted by Crippen LogP contribution is 2.26. The van der Waals surface area contributed by atoms with Crippen LogP contribution in [0.5, 0.6) is 0 Å². The van der Waals surface area contributed by atoms with Crippen molar-refractivity contribution in [2.24, 2.45) is 0 Å². The zero-order valence-electron chi connectivity index (χ0n) is 14.3. The maximum Gasteiger partial charge on any atom is 0.251 e. The number of aromatic nitrogens is 2. The van der Waals surface area contributed by atoms with Gasteiger partial charge in [-0.15, -0.1) is 0 Å². The molecule has 0 radical (unpaired) electrons. The number of hydrogen-bond donors (Lipinski definition) is 1. The van der Waals surface area contributed by atoms with Crippen molar-refractivity contribution < 1.29 is 9.18 Å². The third-order valence-electron chi connectivity index (χ3n) is 4.14. The molecule has 1 aromatic heterocycles. The highest BCUT2D eigenvalue weighted by molar-refractivity contribution is 5.94. The summed E-state index contributed by atoms with van der Waals surface area (Å²) in [6, 6.07) is 15.8. The Labute approximate surface area is 146 Å². The van der Waals surface area contributed by atoms with E-state index in [0.29, 0.717) is 18.7 Å². The molecule has 4 nitrogen and oxygen atoms in total. The number of carbonyl (C=O) groups is 1. The molecule has 3 rings (SSSR count). The summed E-state index contributed by atoms with van der Waals surface area (Å²) >= 11 is 0. The first-order chi connectivity index (χ1) is 12.1. The first-order valence-electron chi connectivity index (χ1n) is 8.19. The molecule has 3 aromatic rings. The fraction of sp³-hybridized carbons (Fsp3) is 0.200. The van der Waals surface area contributed by atoms with Crippen molar-refractivity contribution in [3.05, 3.63) is 77.4 Å². The van der Waals surface area contributed by atoms with E-state index >= 15 is 0 Å².